The highest BCUT2D eigenvalue weighted by Gasteiger charge is 2.49. The second kappa shape index (κ2) is 5.84. The Bertz CT molecular complexity index is 605. The molecular weight excluding hydrogens is 276 g/mol. The van der Waals surface area contributed by atoms with Crippen molar-refractivity contribution in [2.24, 2.45) is 11.0 Å². The standard InChI is InChI=1S/C18H24N2O2/c1-13-7-6-8-15(11-13)17(21)20-18(22,12-14(2)19-20)16-9-4-3-5-10-16/h6-8,11,16,22H,3-5,9-10,12H2,1-2H3/t18-/m1/s1. The van der Waals surface area contributed by atoms with Gasteiger partial charge < -0.3 is 5.11 Å². The van der Waals surface area contributed by atoms with Gasteiger partial charge in [0.05, 0.1) is 0 Å². The SMILES string of the molecule is CC1=NN(C(=O)c2cccc(C)c2)[C@](O)(C2CCCCC2)C1. The van der Waals surface area contributed by atoms with Gasteiger partial charge in [-0.15, -0.1) is 0 Å². The second-order valence-electron chi connectivity index (χ2n) is 6.71. The number of hydrazone groups is 1. The summed E-state index contributed by atoms with van der Waals surface area (Å²) in [6.07, 6.45) is 5.87. The van der Waals surface area contributed by atoms with E-state index in [1.54, 1.807) is 6.07 Å². The van der Waals surface area contributed by atoms with Crippen molar-refractivity contribution in [2.75, 3.05) is 0 Å². The van der Waals surface area contributed by atoms with E-state index in [9.17, 15) is 9.90 Å². The highest BCUT2D eigenvalue weighted by atomic mass is 16.3. The molecule has 2 aliphatic rings. The Balaban J connectivity index is 1.90. The number of hydrogen-bond acceptors (Lipinski definition) is 3. The minimum Gasteiger partial charge on any atom is -0.368 e. The zero-order chi connectivity index (χ0) is 15.7. The molecule has 0 spiro atoms. The Kier molecular flexibility index (Phi) is 4.04. The smallest absolute Gasteiger partial charge is 0.276 e. The van der Waals surface area contributed by atoms with Crippen molar-refractivity contribution in [1.82, 2.24) is 5.01 Å². The number of aryl methyl sites for hydroxylation is 1. The summed E-state index contributed by atoms with van der Waals surface area (Å²) in [6, 6.07) is 7.48. The van der Waals surface area contributed by atoms with Gasteiger partial charge in [-0.3, -0.25) is 4.79 Å². The van der Waals surface area contributed by atoms with Crippen LogP contribution in [0.5, 0.6) is 0 Å². The average molecular weight is 300 g/mol. The molecule has 1 aromatic carbocycles. The van der Waals surface area contributed by atoms with E-state index in [1.165, 1.54) is 11.4 Å². The fraction of sp³-hybridized carbons (Fsp3) is 0.556. The van der Waals surface area contributed by atoms with Gasteiger partial charge >= 0.3 is 0 Å². The summed E-state index contributed by atoms with van der Waals surface area (Å²) in [5.41, 5.74) is 1.31. The molecular formula is C18H24N2O2. The molecule has 3 rings (SSSR count). The molecule has 0 aromatic heterocycles. The Morgan fingerprint density at radius 1 is 1.27 bits per heavy atom. The highest BCUT2D eigenvalue weighted by molar-refractivity contribution is 5.97. The maximum Gasteiger partial charge on any atom is 0.276 e. The second-order valence-corrected chi connectivity index (χ2v) is 6.71. The van der Waals surface area contributed by atoms with E-state index in [1.807, 2.05) is 32.0 Å². The van der Waals surface area contributed by atoms with E-state index in [0.717, 1.165) is 37.0 Å². The molecule has 118 valence electrons. The molecule has 0 saturated heterocycles. The predicted molar refractivity (Wildman–Crippen MR) is 86.6 cm³/mol. The van der Waals surface area contributed by atoms with Crippen LogP contribution in [0.1, 0.15) is 61.4 Å². The molecule has 22 heavy (non-hydrogen) atoms. The number of amides is 1. The number of benzene rings is 1. The summed E-state index contributed by atoms with van der Waals surface area (Å²) in [6.45, 7) is 3.85. The lowest BCUT2D eigenvalue weighted by atomic mass is 9.79. The molecule has 1 N–H and O–H groups in total. The number of nitrogens with zero attached hydrogens (tertiary/aromatic N) is 2. The van der Waals surface area contributed by atoms with Crippen LogP contribution in [0.15, 0.2) is 29.4 Å². The number of carbonyl (C=O) groups is 1. The molecule has 1 aliphatic heterocycles. The molecule has 1 amide bonds. The van der Waals surface area contributed by atoms with Gasteiger partial charge in [0, 0.05) is 23.6 Å². The van der Waals surface area contributed by atoms with E-state index in [4.69, 9.17) is 0 Å². The van der Waals surface area contributed by atoms with Gasteiger partial charge in [0.1, 0.15) is 0 Å². The van der Waals surface area contributed by atoms with Crippen molar-refractivity contribution in [2.45, 2.75) is 58.1 Å². The number of hydrogen-bond donors (Lipinski definition) is 1. The molecule has 0 bridgehead atoms. The van der Waals surface area contributed by atoms with Gasteiger partial charge in [0.25, 0.3) is 5.91 Å². The minimum atomic E-state index is -1.15. The summed E-state index contributed by atoms with van der Waals surface area (Å²) >= 11 is 0. The molecule has 0 unspecified atom stereocenters. The fourth-order valence-electron chi connectivity index (χ4n) is 3.75. The summed E-state index contributed by atoms with van der Waals surface area (Å²) in [5.74, 6) is -0.0789. The normalized spacial score (nSPS) is 26.1. The average Bonchev–Trinajstić information content (AvgIpc) is 2.83. The Morgan fingerprint density at radius 3 is 2.68 bits per heavy atom. The van der Waals surface area contributed by atoms with Crippen molar-refractivity contribution >= 4 is 11.6 Å². The topological polar surface area (TPSA) is 52.9 Å². The van der Waals surface area contributed by atoms with Crippen molar-refractivity contribution in [3.05, 3.63) is 35.4 Å². The molecule has 1 aromatic rings. The lowest BCUT2D eigenvalue weighted by Gasteiger charge is -2.40. The van der Waals surface area contributed by atoms with Crippen LogP contribution in [-0.2, 0) is 0 Å². The largest absolute Gasteiger partial charge is 0.368 e. The summed E-state index contributed by atoms with van der Waals surface area (Å²) < 4.78 is 0. The third kappa shape index (κ3) is 2.68. The molecule has 1 fully saturated rings. The van der Waals surface area contributed by atoms with Gasteiger partial charge in [-0.05, 0) is 38.8 Å². The third-order valence-electron chi connectivity index (χ3n) is 4.87. The van der Waals surface area contributed by atoms with Crippen molar-refractivity contribution < 1.29 is 9.90 Å². The van der Waals surface area contributed by atoms with Crippen LogP contribution in [-0.4, -0.2) is 27.5 Å². The number of aliphatic hydroxyl groups is 1. The first-order chi connectivity index (χ1) is 10.5. The maximum atomic E-state index is 12.9. The Hall–Kier alpha value is -1.68. The van der Waals surface area contributed by atoms with Crippen LogP contribution < -0.4 is 0 Å². The predicted octanol–water partition coefficient (Wildman–Crippen LogP) is 3.49. The van der Waals surface area contributed by atoms with Crippen molar-refractivity contribution in [3.8, 4) is 0 Å². The first-order valence-corrected chi connectivity index (χ1v) is 8.18. The summed E-state index contributed by atoms with van der Waals surface area (Å²) in [4.78, 5) is 12.9. The minimum absolute atomic E-state index is 0.121. The van der Waals surface area contributed by atoms with E-state index < -0.39 is 5.72 Å². The molecule has 4 heteroatoms. The molecule has 1 saturated carbocycles. The van der Waals surface area contributed by atoms with Gasteiger partial charge in [-0.1, -0.05) is 37.0 Å². The van der Waals surface area contributed by atoms with Gasteiger partial charge in [-0.2, -0.15) is 10.1 Å². The van der Waals surface area contributed by atoms with Crippen LogP contribution in [0, 0.1) is 12.8 Å². The van der Waals surface area contributed by atoms with Gasteiger partial charge in [-0.25, -0.2) is 0 Å². The van der Waals surface area contributed by atoms with Crippen LogP contribution in [0.25, 0.3) is 0 Å². The Labute approximate surface area is 131 Å². The molecule has 4 nitrogen and oxygen atoms in total. The van der Waals surface area contributed by atoms with Crippen LogP contribution in [0.2, 0.25) is 0 Å². The van der Waals surface area contributed by atoms with E-state index in [-0.39, 0.29) is 11.8 Å². The lowest BCUT2D eigenvalue weighted by molar-refractivity contribution is -0.122. The Morgan fingerprint density at radius 2 is 2.00 bits per heavy atom. The van der Waals surface area contributed by atoms with E-state index >= 15 is 0 Å². The van der Waals surface area contributed by atoms with E-state index in [0.29, 0.717) is 12.0 Å². The zero-order valence-electron chi connectivity index (χ0n) is 13.4. The first-order valence-electron chi connectivity index (χ1n) is 8.18. The fourth-order valence-corrected chi connectivity index (χ4v) is 3.75. The lowest BCUT2D eigenvalue weighted by Crippen LogP contribution is -2.52. The molecule has 1 aliphatic carbocycles. The quantitative estimate of drug-likeness (QED) is 0.909. The zero-order valence-corrected chi connectivity index (χ0v) is 13.4. The van der Waals surface area contributed by atoms with Crippen molar-refractivity contribution in [3.63, 3.8) is 0 Å². The maximum absolute atomic E-state index is 12.9. The summed E-state index contributed by atoms with van der Waals surface area (Å²) in [5, 5.41) is 17.0. The summed E-state index contributed by atoms with van der Waals surface area (Å²) in [7, 11) is 0. The molecule has 1 heterocycles. The van der Waals surface area contributed by atoms with Gasteiger partial charge in [0.2, 0.25) is 0 Å². The van der Waals surface area contributed by atoms with Crippen LogP contribution in [0.4, 0.5) is 0 Å². The van der Waals surface area contributed by atoms with Crippen molar-refractivity contribution in [1.29, 1.82) is 0 Å². The van der Waals surface area contributed by atoms with Crippen LogP contribution in [0.3, 0.4) is 0 Å². The number of rotatable bonds is 2. The molecule has 1 atom stereocenters. The monoisotopic (exact) mass is 300 g/mol. The highest BCUT2D eigenvalue weighted by Crippen LogP contribution is 2.41. The molecule has 0 radical (unpaired) electrons. The number of carbonyl (C=O) groups excluding carboxylic acids is 1. The van der Waals surface area contributed by atoms with Gasteiger partial charge in [0.15, 0.2) is 5.72 Å². The van der Waals surface area contributed by atoms with Crippen LogP contribution >= 0.6 is 0 Å². The third-order valence-corrected chi connectivity index (χ3v) is 4.87. The first kappa shape index (κ1) is 15.2. The van der Waals surface area contributed by atoms with E-state index in [2.05, 4.69) is 5.10 Å².